The van der Waals surface area contributed by atoms with Crippen molar-refractivity contribution in [1.29, 1.82) is 0 Å². The standard InChI is InChI=1S/C23H33N3O4/c1-16(27)22(24-17(2)28)23(30)14-26(15-23)21(29)11-5-3-4-9-19-13-12-18-8-6-7-10-20(18)25-19/h12-13,22,30H,3-11,14-15H2,1-2H3,(H,24,28). The molecule has 2 N–H and O–H groups in total. The van der Waals surface area contributed by atoms with Crippen molar-refractivity contribution >= 4 is 17.6 Å². The second-order valence-electron chi connectivity index (χ2n) is 8.77. The minimum absolute atomic E-state index is 0.0169. The molecule has 2 aliphatic rings. The van der Waals surface area contributed by atoms with E-state index in [1.165, 1.54) is 37.9 Å². The van der Waals surface area contributed by atoms with Gasteiger partial charge in [-0.2, -0.15) is 0 Å². The maximum atomic E-state index is 12.4. The summed E-state index contributed by atoms with van der Waals surface area (Å²) in [5, 5.41) is 13.1. The molecule has 1 unspecified atom stereocenters. The number of carbonyl (C=O) groups excluding carboxylic acids is 3. The summed E-state index contributed by atoms with van der Waals surface area (Å²) in [6.45, 7) is 2.80. The number of nitrogens with zero attached hydrogens (tertiary/aromatic N) is 2. The number of rotatable bonds is 9. The smallest absolute Gasteiger partial charge is 0.222 e. The minimum Gasteiger partial charge on any atom is -0.384 e. The number of nitrogens with one attached hydrogen (secondary N) is 1. The maximum absolute atomic E-state index is 12.4. The number of ketones is 1. The van der Waals surface area contributed by atoms with Crippen molar-refractivity contribution in [2.45, 2.75) is 83.3 Å². The van der Waals surface area contributed by atoms with Crippen LogP contribution in [0, 0.1) is 0 Å². The quantitative estimate of drug-likeness (QED) is 0.599. The minimum atomic E-state index is -1.37. The number of amides is 2. The Kier molecular flexibility index (Phi) is 7.23. The van der Waals surface area contributed by atoms with E-state index in [2.05, 4.69) is 17.4 Å². The number of hydrogen-bond donors (Lipinski definition) is 2. The topological polar surface area (TPSA) is 99.6 Å². The SMILES string of the molecule is CC(=O)NC(C(C)=O)C1(O)CN(C(=O)CCCCCc2ccc3c(n2)CCCC3)C1. The molecule has 1 atom stereocenters. The highest BCUT2D eigenvalue weighted by Gasteiger charge is 2.51. The third-order valence-corrected chi connectivity index (χ3v) is 6.13. The molecule has 3 rings (SSSR count). The van der Waals surface area contributed by atoms with E-state index in [0.29, 0.717) is 6.42 Å². The normalized spacial score (nSPS) is 18.2. The molecule has 1 fully saturated rings. The van der Waals surface area contributed by atoms with Crippen LogP contribution in [0.3, 0.4) is 0 Å². The first-order valence-electron chi connectivity index (χ1n) is 11.0. The van der Waals surface area contributed by atoms with Crippen LogP contribution >= 0.6 is 0 Å². The number of fused-ring (bicyclic) bond motifs is 1. The Hall–Kier alpha value is -2.28. The molecule has 1 saturated heterocycles. The van der Waals surface area contributed by atoms with Crippen LogP contribution in [0.2, 0.25) is 0 Å². The number of likely N-dealkylation sites (tertiary alicyclic amines) is 1. The van der Waals surface area contributed by atoms with E-state index in [4.69, 9.17) is 4.98 Å². The van der Waals surface area contributed by atoms with Gasteiger partial charge in [0.2, 0.25) is 11.8 Å². The van der Waals surface area contributed by atoms with Crippen LogP contribution in [-0.4, -0.2) is 57.3 Å². The summed E-state index contributed by atoms with van der Waals surface area (Å²) in [6, 6.07) is 3.39. The molecular formula is C23H33N3O4. The summed E-state index contributed by atoms with van der Waals surface area (Å²) < 4.78 is 0. The Morgan fingerprint density at radius 1 is 1.13 bits per heavy atom. The number of β-amino-alcohol motifs (C(OH)–C–C–N with tert-alkyl or cyclic N) is 1. The van der Waals surface area contributed by atoms with Crippen LogP contribution in [-0.2, 0) is 33.6 Å². The van der Waals surface area contributed by atoms with E-state index >= 15 is 0 Å². The van der Waals surface area contributed by atoms with Crippen LogP contribution in [0.4, 0.5) is 0 Å². The zero-order valence-corrected chi connectivity index (χ0v) is 18.1. The zero-order chi connectivity index (χ0) is 21.7. The molecule has 0 bridgehead atoms. The van der Waals surface area contributed by atoms with Crippen molar-refractivity contribution in [1.82, 2.24) is 15.2 Å². The molecular weight excluding hydrogens is 382 g/mol. The van der Waals surface area contributed by atoms with Crippen LogP contribution in [0.25, 0.3) is 0 Å². The number of pyridine rings is 1. The molecule has 0 saturated carbocycles. The van der Waals surface area contributed by atoms with E-state index in [-0.39, 0.29) is 30.7 Å². The average molecular weight is 416 g/mol. The Labute approximate surface area is 178 Å². The molecule has 2 heterocycles. The van der Waals surface area contributed by atoms with Gasteiger partial charge in [0.25, 0.3) is 0 Å². The van der Waals surface area contributed by atoms with Gasteiger partial charge >= 0.3 is 0 Å². The van der Waals surface area contributed by atoms with Gasteiger partial charge in [0.05, 0.1) is 13.1 Å². The molecule has 164 valence electrons. The first kappa shape index (κ1) is 22.4. The summed E-state index contributed by atoms with van der Waals surface area (Å²) in [5.41, 5.74) is 2.44. The first-order valence-corrected chi connectivity index (χ1v) is 11.0. The van der Waals surface area contributed by atoms with Crippen molar-refractivity contribution in [2.24, 2.45) is 0 Å². The Morgan fingerprint density at radius 3 is 2.57 bits per heavy atom. The number of hydrogen-bond acceptors (Lipinski definition) is 5. The van der Waals surface area contributed by atoms with Crippen LogP contribution < -0.4 is 5.32 Å². The third kappa shape index (κ3) is 5.45. The second kappa shape index (κ2) is 9.69. The predicted molar refractivity (Wildman–Crippen MR) is 113 cm³/mol. The number of aryl methyl sites for hydroxylation is 3. The average Bonchev–Trinajstić information content (AvgIpc) is 2.68. The van der Waals surface area contributed by atoms with E-state index in [1.807, 2.05) is 0 Å². The molecule has 7 nitrogen and oxygen atoms in total. The molecule has 0 aromatic carbocycles. The van der Waals surface area contributed by atoms with Gasteiger partial charge in [0.15, 0.2) is 5.78 Å². The number of unbranched alkanes of at least 4 members (excludes halogenated alkanes) is 2. The molecule has 1 aliphatic heterocycles. The third-order valence-electron chi connectivity index (χ3n) is 6.13. The molecule has 1 aliphatic carbocycles. The van der Waals surface area contributed by atoms with Gasteiger partial charge in [-0.25, -0.2) is 0 Å². The molecule has 30 heavy (non-hydrogen) atoms. The van der Waals surface area contributed by atoms with Gasteiger partial charge in [-0.3, -0.25) is 19.4 Å². The van der Waals surface area contributed by atoms with E-state index in [0.717, 1.165) is 44.2 Å². The number of aromatic nitrogens is 1. The Morgan fingerprint density at radius 2 is 1.87 bits per heavy atom. The van der Waals surface area contributed by atoms with Crippen LogP contribution in [0.5, 0.6) is 0 Å². The fraction of sp³-hybridized carbons (Fsp3) is 0.652. The van der Waals surface area contributed by atoms with Gasteiger partial charge in [-0.15, -0.1) is 0 Å². The lowest BCUT2D eigenvalue weighted by Gasteiger charge is -2.49. The highest BCUT2D eigenvalue weighted by molar-refractivity contribution is 5.88. The molecule has 1 aromatic rings. The molecule has 0 spiro atoms. The fourth-order valence-corrected chi connectivity index (χ4v) is 4.48. The van der Waals surface area contributed by atoms with Crippen LogP contribution in [0.15, 0.2) is 12.1 Å². The number of Topliss-reactive ketones (excluding diaryl/α,β-unsaturated/α-hetero) is 1. The Bertz CT molecular complexity index is 802. The summed E-state index contributed by atoms with van der Waals surface area (Å²) in [5.74, 6) is -0.700. The van der Waals surface area contributed by atoms with Gasteiger partial charge in [0.1, 0.15) is 11.6 Å². The lowest BCUT2D eigenvalue weighted by Crippen LogP contribution is -2.73. The number of aliphatic hydroxyl groups is 1. The lowest BCUT2D eigenvalue weighted by molar-refractivity contribution is -0.166. The van der Waals surface area contributed by atoms with Gasteiger partial charge in [-0.05, 0) is 63.5 Å². The van der Waals surface area contributed by atoms with Crippen molar-refractivity contribution in [2.75, 3.05) is 13.1 Å². The first-order chi connectivity index (χ1) is 14.3. The van der Waals surface area contributed by atoms with Gasteiger partial charge < -0.3 is 15.3 Å². The van der Waals surface area contributed by atoms with Crippen LogP contribution in [0.1, 0.15) is 69.3 Å². The highest BCUT2D eigenvalue weighted by atomic mass is 16.3. The molecule has 2 amide bonds. The zero-order valence-electron chi connectivity index (χ0n) is 18.1. The van der Waals surface area contributed by atoms with Gasteiger partial charge in [0, 0.05) is 24.7 Å². The van der Waals surface area contributed by atoms with E-state index in [1.54, 1.807) is 4.90 Å². The fourth-order valence-electron chi connectivity index (χ4n) is 4.48. The van der Waals surface area contributed by atoms with E-state index < -0.39 is 11.6 Å². The summed E-state index contributed by atoms with van der Waals surface area (Å²) in [6.07, 6.45) is 8.83. The van der Waals surface area contributed by atoms with E-state index in [9.17, 15) is 19.5 Å². The van der Waals surface area contributed by atoms with Crippen molar-refractivity contribution in [3.63, 3.8) is 0 Å². The summed E-state index contributed by atoms with van der Waals surface area (Å²) in [7, 11) is 0. The second-order valence-corrected chi connectivity index (χ2v) is 8.77. The Balaban J connectivity index is 1.36. The lowest BCUT2D eigenvalue weighted by atomic mass is 9.83. The monoisotopic (exact) mass is 415 g/mol. The molecule has 1 aromatic heterocycles. The summed E-state index contributed by atoms with van der Waals surface area (Å²) >= 11 is 0. The maximum Gasteiger partial charge on any atom is 0.222 e. The highest BCUT2D eigenvalue weighted by Crippen LogP contribution is 2.26. The largest absolute Gasteiger partial charge is 0.384 e. The van der Waals surface area contributed by atoms with Crippen molar-refractivity contribution < 1.29 is 19.5 Å². The van der Waals surface area contributed by atoms with Crippen molar-refractivity contribution in [3.05, 3.63) is 29.1 Å². The van der Waals surface area contributed by atoms with Gasteiger partial charge in [-0.1, -0.05) is 12.5 Å². The molecule has 7 heteroatoms. The predicted octanol–water partition coefficient (Wildman–Crippen LogP) is 1.73. The van der Waals surface area contributed by atoms with Crippen molar-refractivity contribution in [3.8, 4) is 0 Å². The number of carbonyl (C=O) groups is 3. The molecule has 0 radical (unpaired) electrons. The summed E-state index contributed by atoms with van der Waals surface area (Å²) in [4.78, 5) is 41.7.